The summed E-state index contributed by atoms with van der Waals surface area (Å²) in [5.41, 5.74) is 5.54. The summed E-state index contributed by atoms with van der Waals surface area (Å²) in [5, 5.41) is 3.06. The second-order valence-corrected chi connectivity index (χ2v) is 4.74. The Labute approximate surface area is 97.9 Å². The molecule has 1 saturated carbocycles. The van der Waals surface area contributed by atoms with Crippen molar-refractivity contribution in [1.82, 2.24) is 5.32 Å². The number of carbonyl (C=O) groups is 1. The van der Waals surface area contributed by atoms with Gasteiger partial charge in [-0.1, -0.05) is 0 Å². The average molecular weight is 228 g/mol. The Morgan fingerprint density at radius 3 is 2.75 bits per heavy atom. The lowest BCUT2D eigenvalue weighted by atomic mass is 9.95. The van der Waals surface area contributed by atoms with Gasteiger partial charge in [-0.2, -0.15) is 0 Å². The van der Waals surface area contributed by atoms with E-state index in [9.17, 15) is 4.79 Å². The van der Waals surface area contributed by atoms with E-state index in [0.29, 0.717) is 32.1 Å². The molecular formula is C12H24N2O2. The van der Waals surface area contributed by atoms with Gasteiger partial charge in [-0.3, -0.25) is 4.79 Å². The minimum atomic E-state index is -0.192. The first kappa shape index (κ1) is 13.5. The highest BCUT2D eigenvalue weighted by Crippen LogP contribution is 2.38. The SMILES string of the molecule is CCOCCCC(=O)NC(C)(CN)C1CC1. The predicted octanol–water partition coefficient (Wildman–Crippen LogP) is 1.05. The molecule has 0 spiro atoms. The molecule has 16 heavy (non-hydrogen) atoms. The van der Waals surface area contributed by atoms with Crippen LogP contribution in [0.5, 0.6) is 0 Å². The Balaban J connectivity index is 2.21. The van der Waals surface area contributed by atoms with Crippen LogP contribution in [0.3, 0.4) is 0 Å². The summed E-state index contributed by atoms with van der Waals surface area (Å²) in [4.78, 5) is 11.7. The van der Waals surface area contributed by atoms with Crippen LogP contribution in [0.2, 0.25) is 0 Å². The van der Waals surface area contributed by atoms with Crippen LogP contribution in [0, 0.1) is 5.92 Å². The van der Waals surface area contributed by atoms with Crippen LogP contribution in [0.15, 0.2) is 0 Å². The van der Waals surface area contributed by atoms with Crippen molar-refractivity contribution in [2.75, 3.05) is 19.8 Å². The van der Waals surface area contributed by atoms with E-state index < -0.39 is 0 Å². The van der Waals surface area contributed by atoms with Gasteiger partial charge in [0, 0.05) is 26.2 Å². The monoisotopic (exact) mass is 228 g/mol. The molecule has 0 aromatic rings. The molecule has 94 valence electrons. The van der Waals surface area contributed by atoms with Crippen molar-refractivity contribution in [1.29, 1.82) is 0 Å². The standard InChI is InChI=1S/C12H24N2O2/c1-3-16-8-4-5-11(15)14-12(2,9-13)10-6-7-10/h10H,3-9,13H2,1-2H3,(H,14,15). The first-order valence-corrected chi connectivity index (χ1v) is 6.21. The van der Waals surface area contributed by atoms with Crippen LogP contribution in [0.1, 0.15) is 39.5 Å². The number of rotatable bonds is 8. The summed E-state index contributed by atoms with van der Waals surface area (Å²) < 4.78 is 5.20. The molecule has 3 N–H and O–H groups in total. The molecule has 0 bridgehead atoms. The van der Waals surface area contributed by atoms with Crippen molar-refractivity contribution in [2.45, 2.75) is 45.1 Å². The molecule has 4 nitrogen and oxygen atoms in total. The van der Waals surface area contributed by atoms with Crippen molar-refractivity contribution in [2.24, 2.45) is 11.7 Å². The van der Waals surface area contributed by atoms with E-state index in [1.807, 2.05) is 13.8 Å². The van der Waals surface area contributed by atoms with E-state index in [2.05, 4.69) is 5.32 Å². The second-order valence-electron chi connectivity index (χ2n) is 4.74. The maximum absolute atomic E-state index is 11.7. The molecule has 0 radical (unpaired) electrons. The molecule has 1 fully saturated rings. The van der Waals surface area contributed by atoms with Gasteiger partial charge in [-0.25, -0.2) is 0 Å². The Morgan fingerprint density at radius 2 is 2.25 bits per heavy atom. The van der Waals surface area contributed by atoms with Gasteiger partial charge in [0.2, 0.25) is 5.91 Å². The normalized spacial score (nSPS) is 19.2. The van der Waals surface area contributed by atoms with Crippen LogP contribution in [-0.2, 0) is 9.53 Å². The summed E-state index contributed by atoms with van der Waals surface area (Å²) in [7, 11) is 0. The lowest BCUT2D eigenvalue weighted by Crippen LogP contribution is -2.53. The van der Waals surface area contributed by atoms with E-state index in [4.69, 9.17) is 10.5 Å². The van der Waals surface area contributed by atoms with Crippen LogP contribution < -0.4 is 11.1 Å². The van der Waals surface area contributed by atoms with Crippen LogP contribution in [0.25, 0.3) is 0 Å². The Morgan fingerprint density at radius 1 is 1.56 bits per heavy atom. The maximum Gasteiger partial charge on any atom is 0.220 e. The molecule has 0 heterocycles. The summed E-state index contributed by atoms with van der Waals surface area (Å²) >= 11 is 0. The highest BCUT2D eigenvalue weighted by molar-refractivity contribution is 5.76. The van der Waals surface area contributed by atoms with Gasteiger partial charge in [-0.15, -0.1) is 0 Å². The molecule has 0 saturated heterocycles. The fourth-order valence-electron chi connectivity index (χ4n) is 1.90. The van der Waals surface area contributed by atoms with Gasteiger partial charge in [-0.05, 0) is 39.0 Å². The minimum Gasteiger partial charge on any atom is -0.382 e. The first-order valence-electron chi connectivity index (χ1n) is 6.21. The molecule has 1 aliphatic carbocycles. The lowest BCUT2D eigenvalue weighted by molar-refractivity contribution is -0.123. The summed E-state index contributed by atoms with van der Waals surface area (Å²) in [6.45, 7) is 5.90. The number of nitrogens with one attached hydrogen (secondary N) is 1. The maximum atomic E-state index is 11.7. The zero-order chi connectivity index (χ0) is 12.0. The topological polar surface area (TPSA) is 64.3 Å². The van der Waals surface area contributed by atoms with Gasteiger partial charge < -0.3 is 15.8 Å². The van der Waals surface area contributed by atoms with Crippen LogP contribution in [-0.4, -0.2) is 31.2 Å². The first-order chi connectivity index (χ1) is 7.62. The molecule has 0 aromatic carbocycles. The van der Waals surface area contributed by atoms with E-state index in [1.54, 1.807) is 0 Å². The Kier molecular flexibility index (Phi) is 5.22. The molecule has 1 amide bonds. The third kappa shape index (κ3) is 4.10. The zero-order valence-corrected chi connectivity index (χ0v) is 10.4. The average Bonchev–Trinajstić information content (AvgIpc) is 3.08. The van der Waals surface area contributed by atoms with Crippen LogP contribution in [0.4, 0.5) is 0 Å². The van der Waals surface area contributed by atoms with E-state index in [1.165, 1.54) is 12.8 Å². The van der Waals surface area contributed by atoms with Crippen LogP contribution >= 0.6 is 0 Å². The Hall–Kier alpha value is -0.610. The number of ether oxygens (including phenoxy) is 1. The summed E-state index contributed by atoms with van der Waals surface area (Å²) in [5.74, 6) is 0.674. The number of carbonyl (C=O) groups excluding carboxylic acids is 1. The largest absolute Gasteiger partial charge is 0.382 e. The molecule has 1 rings (SSSR count). The fraction of sp³-hybridized carbons (Fsp3) is 0.917. The number of hydrogen-bond acceptors (Lipinski definition) is 3. The van der Waals surface area contributed by atoms with Gasteiger partial charge in [0.15, 0.2) is 0 Å². The summed E-state index contributed by atoms with van der Waals surface area (Å²) in [6.07, 6.45) is 3.69. The van der Waals surface area contributed by atoms with Gasteiger partial charge in [0.25, 0.3) is 0 Å². The molecular weight excluding hydrogens is 204 g/mol. The van der Waals surface area contributed by atoms with Crippen molar-refractivity contribution >= 4 is 5.91 Å². The number of hydrogen-bond donors (Lipinski definition) is 2. The predicted molar refractivity (Wildman–Crippen MR) is 64.1 cm³/mol. The second kappa shape index (κ2) is 6.21. The molecule has 1 atom stereocenters. The zero-order valence-electron chi connectivity index (χ0n) is 10.4. The van der Waals surface area contributed by atoms with Crippen molar-refractivity contribution in [3.8, 4) is 0 Å². The highest BCUT2D eigenvalue weighted by atomic mass is 16.5. The summed E-state index contributed by atoms with van der Waals surface area (Å²) in [6, 6.07) is 0. The van der Waals surface area contributed by atoms with Crippen molar-refractivity contribution in [3.63, 3.8) is 0 Å². The third-order valence-electron chi connectivity index (χ3n) is 3.22. The quantitative estimate of drug-likeness (QED) is 0.610. The smallest absolute Gasteiger partial charge is 0.220 e. The molecule has 1 aliphatic rings. The molecule has 1 unspecified atom stereocenters. The lowest BCUT2D eigenvalue weighted by Gasteiger charge is -2.29. The number of amides is 1. The molecule has 0 aliphatic heterocycles. The Bertz CT molecular complexity index is 229. The van der Waals surface area contributed by atoms with E-state index in [0.717, 1.165) is 6.42 Å². The van der Waals surface area contributed by atoms with Crippen molar-refractivity contribution in [3.05, 3.63) is 0 Å². The molecule has 0 aromatic heterocycles. The van der Waals surface area contributed by atoms with E-state index >= 15 is 0 Å². The highest BCUT2D eigenvalue weighted by Gasteiger charge is 2.41. The molecule has 4 heteroatoms. The van der Waals surface area contributed by atoms with Crippen molar-refractivity contribution < 1.29 is 9.53 Å². The fourth-order valence-corrected chi connectivity index (χ4v) is 1.90. The third-order valence-corrected chi connectivity index (χ3v) is 3.22. The minimum absolute atomic E-state index is 0.0968. The van der Waals surface area contributed by atoms with Gasteiger partial charge in [0.1, 0.15) is 0 Å². The van der Waals surface area contributed by atoms with E-state index in [-0.39, 0.29) is 11.4 Å². The number of nitrogens with two attached hydrogens (primary N) is 1. The van der Waals surface area contributed by atoms with Gasteiger partial charge >= 0.3 is 0 Å². The van der Waals surface area contributed by atoms with Gasteiger partial charge in [0.05, 0.1) is 5.54 Å².